The molecule has 0 saturated carbocycles. The highest BCUT2D eigenvalue weighted by molar-refractivity contribution is 9.10. The number of carbonyl (C=O) groups is 1. The van der Waals surface area contributed by atoms with Crippen molar-refractivity contribution < 1.29 is 23.8 Å². The van der Waals surface area contributed by atoms with Crippen LogP contribution in [0.1, 0.15) is 23.5 Å². The molecule has 0 saturated heterocycles. The Morgan fingerprint density at radius 3 is 2.63 bits per heavy atom. The molecule has 4 rings (SSSR count). The molecule has 0 bridgehead atoms. The molecule has 1 aromatic heterocycles. The van der Waals surface area contributed by atoms with Crippen molar-refractivity contribution >= 4 is 32.9 Å². The van der Waals surface area contributed by atoms with Crippen molar-refractivity contribution in [3.63, 3.8) is 0 Å². The fourth-order valence-corrected chi connectivity index (χ4v) is 3.66. The minimum Gasteiger partial charge on any atom is -0.464 e. The minimum absolute atomic E-state index is 0.133. The predicted molar refractivity (Wildman–Crippen MR) is 101 cm³/mol. The Balaban J connectivity index is 2.00. The first-order valence-corrected chi connectivity index (χ1v) is 9.03. The van der Waals surface area contributed by atoms with Crippen molar-refractivity contribution in [2.75, 3.05) is 7.11 Å². The van der Waals surface area contributed by atoms with Gasteiger partial charge in [0.2, 0.25) is 0 Å². The largest absolute Gasteiger partial charge is 0.464 e. The molecule has 1 aliphatic heterocycles. The summed E-state index contributed by atoms with van der Waals surface area (Å²) in [6, 6.07) is 14.1. The lowest BCUT2D eigenvalue weighted by Gasteiger charge is -2.36. The molecule has 0 radical (unpaired) electrons. The number of aliphatic hydroxyl groups is 1. The summed E-state index contributed by atoms with van der Waals surface area (Å²) in [7, 11) is 1.17. The topological polar surface area (TPSA) is 86.0 Å². The number of hydrogen-bond donors (Lipinski definition) is 1. The van der Waals surface area contributed by atoms with Crippen LogP contribution in [0.2, 0.25) is 0 Å². The Kier molecular flexibility index (Phi) is 4.28. The maximum absolute atomic E-state index is 12.7. The molecule has 0 aliphatic carbocycles. The Morgan fingerprint density at radius 1 is 1.22 bits per heavy atom. The van der Waals surface area contributed by atoms with Crippen LogP contribution in [0, 0.1) is 0 Å². The number of para-hydroxylation sites is 1. The molecule has 1 N–H and O–H groups in total. The molecule has 27 heavy (non-hydrogen) atoms. The number of esters is 1. The molecule has 0 fully saturated rings. The van der Waals surface area contributed by atoms with Crippen LogP contribution in [0.3, 0.4) is 0 Å². The van der Waals surface area contributed by atoms with Gasteiger partial charge in [0.05, 0.1) is 18.1 Å². The van der Waals surface area contributed by atoms with Crippen LogP contribution in [-0.4, -0.2) is 24.0 Å². The standard InChI is InChI=1S/C20H15BrO6/c1-25-19(23)20(24)10-14(11-6-8-12(21)9-7-11)16-17(27-20)13-4-2-3-5-15(13)26-18(16)22/h2-9,14,24H,10H2,1H3/t14-,20?/m0/s1. The summed E-state index contributed by atoms with van der Waals surface area (Å²) in [5, 5.41) is 11.4. The fourth-order valence-electron chi connectivity index (χ4n) is 3.40. The smallest absolute Gasteiger partial charge is 0.379 e. The molecule has 2 heterocycles. The Morgan fingerprint density at radius 2 is 1.93 bits per heavy atom. The van der Waals surface area contributed by atoms with Gasteiger partial charge in [-0.1, -0.05) is 40.2 Å². The second-order valence-corrected chi connectivity index (χ2v) is 7.23. The number of ether oxygens (including phenoxy) is 2. The van der Waals surface area contributed by atoms with Crippen molar-refractivity contribution in [1.82, 2.24) is 0 Å². The molecule has 1 unspecified atom stereocenters. The monoisotopic (exact) mass is 430 g/mol. The van der Waals surface area contributed by atoms with Crippen molar-refractivity contribution in [3.05, 3.63) is 74.6 Å². The van der Waals surface area contributed by atoms with E-state index in [9.17, 15) is 14.7 Å². The van der Waals surface area contributed by atoms with E-state index in [0.29, 0.717) is 11.0 Å². The Labute approximate surface area is 162 Å². The maximum atomic E-state index is 12.7. The van der Waals surface area contributed by atoms with Crippen molar-refractivity contribution in [2.45, 2.75) is 18.1 Å². The Hall–Kier alpha value is -2.64. The molecule has 7 heteroatoms. The average Bonchev–Trinajstić information content (AvgIpc) is 2.67. The summed E-state index contributed by atoms with van der Waals surface area (Å²) in [5.74, 6) is -3.61. The second kappa shape index (κ2) is 6.51. The summed E-state index contributed by atoms with van der Waals surface area (Å²) in [6.07, 6.45) is -0.169. The van der Waals surface area contributed by atoms with E-state index in [1.54, 1.807) is 24.3 Å². The molecular weight excluding hydrogens is 416 g/mol. The van der Waals surface area contributed by atoms with Gasteiger partial charge in [0, 0.05) is 16.8 Å². The van der Waals surface area contributed by atoms with Crippen LogP contribution in [0.25, 0.3) is 11.0 Å². The SMILES string of the molecule is COC(=O)C1(O)C[C@@H](c2ccc(Br)cc2)c2c(c3ccccc3oc2=O)O1. The van der Waals surface area contributed by atoms with Crippen molar-refractivity contribution in [1.29, 1.82) is 0 Å². The van der Waals surface area contributed by atoms with Crippen LogP contribution in [0.15, 0.2) is 62.2 Å². The summed E-state index contributed by atoms with van der Waals surface area (Å²) in [6.45, 7) is 0. The van der Waals surface area contributed by atoms with Gasteiger partial charge in [-0.2, -0.15) is 0 Å². The van der Waals surface area contributed by atoms with Crippen molar-refractivity contribution in [2.24, 2.45) is 0 Å². The zero-order valence-corrected chi connectivity index (χ0v) is 15.9. The molecule has 138 valence electrons. The predicted octanol–water partition coefficient (Wildman–Crippen LogP) is 3.33. The number of methoxy groups -OCH3 is 1. The second-order valence-electron chi connectivity index (χ2n) is 6.31. The van der Waals surface area contributed by atoms with E-state index in [1.807, 2.05) is 24.3 Å². The average molecular weight is 431 g/mol. The molecule has 2 atom stereocenters. The van der Waals surface area contributed by atoms with E-state index in [1.165, 1.54) is 7.11 Å². The summed E-state index contributed by atoms with van der Waals surface area (Å²) in [4.78, 5) is 25.0. The molecular formula is C20H15BrO6. The first kappa shape index (κ1) is 17.8. The number of halogens is 1. The lowest BCUT2D eigenvalue weighted by molar-refractivity contribution is -0.202. The van der Waals surface area contributed by atoms with Crippen LogP contribution in [-0.2, 0) is 9.53 Å². The van der Waals surface area contributed by atoms with E-state index in [0.717, 1.165) is 10.0 Å². The number of carbonyl (C=O) groups excluding carboxylic acids is 1. The quantitative estimate of drug-likeness (QED) is 0.495. The lowest BCUT2D eigenvalue weighted by atomic mass is 9.83. The first-order chi connectivity index (χ1) is 12.9. The summed E-state index contributed by atoms with van der Waals surface area (Å²) in [5.41, 5.74) is 0.755. The van der Waals surface area contributed by atoms with Gasteiger partial charge in [0.1, 0.15) is 11.3 Å². The molecule has 2 aromatic carbocycles. The highest BCUT2D eigenvalue weighted by Gasteiger charge is 2.49. The molecule has 3 aromatic rings. The van der Waals surface area contributed by atoms with Gasteiger partial charge < -0.3 is 19.0 Å². The number of benzene rings is 2. The fraction of sp³-hybridized carbons (Fsp3) is 0.200. The lowest BCUT2D eigenvalue weighted by Crippen LogP contribution is -2.50. The van der Waals surface area contributed by atoms with E-state index in [4.69, 9.17) is 13.9 Å². The highest BCUT2D eigenvalue weighted by atomic mass is 79.9. The number of rotatable bonds is 2. The molecule has 0 amide bonds. The zero-order chi connectivity index (χ0) is 19.2. The maximum Gasteiger partial charge on any atom is 0.379 e. The third-order valence-electron chi connectivity index (χ3n) is 4.68. The molecule has 6 nitrogen and oxygen atoms in total. The van der Waals surface area contributed by atoms with Gasteiger partial charge in [0.15, 0.2) is 0 Å². The molecule has 0 spiro atoms. The minimum atomic E-state index is -2.21. The van der Waals surface area contributed by atoms with Gasteiger partial charge in [-0.3, -0.25) is 0 Å². The first-order valence-electron chi connectivity index (χ1n) is 8.24. The van der Waals surface area contributed by atoms with Gasteiger partial charge in [-0.15, -0.1) is 0 Å². The van der Waals surface area contributed by atoms with Gasteiger partial charge in [-0.05, 0) is 29.8 Å². The number of hydrogen-bond acceptors (Lipinski definition) is 6. The highest BCUT2D eigenvalue weighted by Crippen LogP contribution is 2.45. The third kappa shape index (κ3) is 2.93. The van der Waals surface area contributed by atoms with Gasteiger partial charge in [-0.25, -0.2) is 9.59 Å². The van der Waals surface area contributed by atoms with Crippen LogP contribution < -0.4 is 10.4 Å². The zero-order valence-electron chi connectivity index (χ0n) is 14.3. The molecule has 1 aliphatic rings. The van der Waals surface area contributed by atoms with Crippen LogP contribution >= 0.6 is 15.9 Å². The van der Waals surface area contributed by atoms with E-state index < -0.39 is 23.3 Å². The van der Waals surface area contributed by atoms with Crippen molar-refractivity contribution in [3.8, 4) is 5.75 Å². The van der Waals surface area contributed by atoms with E-state index >= 15 is 0 Å². The van der Waals surface area contributed by atoms with Gasteiger partial charge in [0.25, 0.3) is 0 Å². The van der Waals surface area contributed by atoms with Crippen LogP contribution in [0.4, 0.5) is 0 Å². The third-order valence-corrected chi connectivity index (χ3v) is 5.20. The van der Waals surface area contributed by atoms with E-state index in [-0.39, 0.29) is 17.7 Å². The van der Waals surface area contributed by atoms with Crippen LogP contribution in [0.5, 0.6) is 5.75 Å². The summed E-state index contributed by atoms with van der Waals surface area (Å²) >= 11 is 3.38. The Bertz CT molecular complexity index is 1090. The normalized spacial score (nSPS) is 21.4. The van der Waals surface area contributed by atoms with E-state index in [2.05, 4.69) is 15.9 Å². The summed E-state index contributed by atoms with van der Waals surface area (Å²) < 4.78 is 16.7. The van der Waals surface area contributed by atoms with Gasteiger partial charge >= 0.3 is 17.4 Å². The number of fused-ring (bicyclic) bond motifs is 3.